The van der Waals surface area contributed by atoms with Crippen LogP contribution in [0.1, 0.15) is 5.56 Å². The Morgan fingerprint density at radius 2 is 2.00 bits per heavy atom. The van der Waals surface area contributed by atoms with Crippen molar-refractivity contribution in [3.8, 4) is 16.6 Å². The number of rotatable bonds is 4. The van der Waals surface area contributed by atoms with Crippen LogP contribution in [0, 0.1) is 17.2 Å². The summed E-state index contributed by atoms with van der Waals surface area (Å²) in [7, 11) is 2.18. The number of pyridine rings is 1. The molecule has 2 fully saturated rings. The van der Waals surface area contributed by atoms with Gasteiger partial charge >= 0.3 is 11.9 Å². The minimum absolute atomic E-state index is 0.558. The van der Waals surface area contributed by atoms with Crippen molar-refractivity contribution in [3.63, 3.8) is 0 Å². The molecule has 0 saturated carbocycles. The number of aliphatic carboxylic acids is 2. The van der Waals surface area contributed by atoms with Crippen LogP contribution in [0.3, 0.4) is 0 Å². The Balaban J connectivity index is 0.000000258. The maximum absolute atomic E-state index is 9.55. The zero-order chi connectivity index (χ0) is 21.0. The summed E-state index contributed by atoms with van der Waals surface area (Å²) in [6.07, 6.45) is 3.04. The van der Waals surface area contributed by atoms with E-state index in [1.165, 1.54) is 6.54 Å². The molecule has 29 heavy (non-hydrogen) atoms. The summed E-state index contributed by atoms with van der Waals surface area (Å²) in [4.78, 5) is 29.5. The van der Waals surface area contributed by atoms with Crippen molar-refractivity contribution in [2.75, 3.05) is 31.6 Å². The highest BCUT2D eigenvalue weighted by Gasteiger charge is 2.44. The lowest BCUT2D eigenvalue weighted by atomic mass is 9.91. The lowest BCUT2D eigenvalue weighted by Gasteiger charge is -2.45. The average molecular weight is 412 g/mol. The van der Waals surface area contributed by atoms with E-state index in [4.69, 9.17) is 10.2 Å². The van der Waals surface area contributed by atoms with Crippen molar-refractivity contribution in [3.05, 3.63) is 47.5 Å². The second kappa shape index (κ2) is 8.86. The van der Waals surface area contributed by atoms with Gasteiger partial charge in [0.2, 0.25) is 0 Å². The first-order valence-electron chi connectivity index (χ1n) is 8.92. The van der Waals surface area contributed by atoms with Gasteiger partial charge in [-0.1, -0.05) is 6.07 Å². The maximum Gasteiger partial charge on any atom is 0.328 e. The van der Waals surface area contributed by atoms with Crippen LogP contribution in [0.25, 0.3) is 10.6 Å². The fourth-order valence-electron chi connectivity index (χ4n) is 3.59. The number of carboxylic acid groups (broad SMARTS) is 2. The van der Waals surface area contributed by atoms with Crippen molar-refractivity contribution in [2.45, 2.75) is 6.04 Å². The van der Waals surface area contributed by atoms with E-state index in [0.29, 0.717) is 23.8 Å². The fourth-order valence-corrected chi connectivity index (χ4v) is 4.33. The Labute approximate surface area is 171 Å². The highest BCUT2D eigenvalue weighted by molar-refractivity contribution is 7.13. The average Bonchev–Trinajstić information content (AvgIpc) is 3.30. The summed E-state index contributed by atoms with van der Waals surface area (Å²) in [6.45, 7) is 3.38. The Bertz CT molecular complexity index is 951. The molecule has 0 bridgehead atoms. The molecule has 150 valence electrons. The molecular weight excluding hydrogens is 392 g/mol. The quantitative estimate of drug-likeness (QED) is 0.734. The molecule has 0 aliphatic carbocycles. The summed E-state index contributed by atoms with van der Waals surface area (Å²) in [6, 6.07) is 8.90. The molecule has 4 heterocycles. The first kappa shape index (κ1) is 20.5. The number of thiophene rings is 1. The molecule has 2 aromatic rings. The van der Waals surface area contributed by atoms with Crippen LogP contribution in [-0.4, -0.2) is 64.8 Å². The third kappa shape index (κ3) is 4.80. The Hall–Kier alpha value is -3.22. The first-order chi connectivity index (χ1) is 13.9. The van der Waals surface area contributed by atoms with Gasteiger partial charge in [0.1, 0.15) is 6.07 Å². The maximum atomic E-state index is 9.55. The van der Waals surface area contributed by atoms with E-state index in [0.717, 1.165) is 35.3 Å². The van der Waals surface area contributed by atoms with Crippen LogP contribution < -0.4 is 4.90 Å². The van der Waals surface area contributed by atoms with Gasteiger partial charge in [0.05, 0.1) is 28.0 Å². The second-order valence-electron chi connectivity index (χ2n) is 6.89. The van der Waals surface area contributed by atoms with Gasteiger partial charge in [0.15, 0.2) is 0 Å². The van der Waals surface area contributed by atoms with E-state index in [1.54, 1.807) is 11.3 Å². The van der Waals surface area contributed by atoms with E-state index >= 15 is 0 Å². The lowest BCUT2D eigenvalue weighted by molar-refractivity contribution is -0.134. The zero-order valence-corrected chi connectivity index (χ0v) is 16.5. The zero-order valence-electron chi connectivity index (χ0n) is 15.7. The molecule has 0 spiro atoms. The van der Waals surface area contributed by atoms with Gasteiger partial charge in [-0.3, -0.25) is 4.98 Å². The number of carboxylic acids is 2. The highest BCUT2D eigenvalue weighted by Crippen LogP contribution is 2.37. The predicted molar refractivity (Wildman–Crippen MR) is 109 cm³/mol. The number of nitrogens with zero attached hydrogens (tertiary/aromatic N) is 4. The summed E-state index contributed by atoms with van der Waals surface area (Å²) in [5.74, 6) is -1.74. The number of carbonyl (C=O) groups is 2. The Morgan fingerprint density at radius 1 is 1.28 bits per heavy atom. The van der Waals surface area contributed by atoms with Crippen molar-refractivity contribution in [1.82, 2.24) is 9.88 Å². The largest absolute Gasteiger partial charge is 0.478 e. The molecule has 2 aliphatic rings. The number of hydrogen-bond acceptors (Lipinski definition) is 7. The Kier molecular flexibility index (Phi) is 6.26. The topological polar surface area (TPSA) is 118 Å². The lowest BCUT2D eigenvalue weighted by Crippen LogP contribution is -2.55. The summed E-state index contributed by atoms with van der Waals surface area (Å²) in [5, 5.41) is 27.1. The molecular formula is C20H20N4O4S. The van der Waals surface area contributed by atoms with E-state index < -0.39 is 11.9 Å². The first-order valence-corrected chi connectivity index (χ1v) is 9.80. The van der Waals surface area contributed by atoms with Crippen molar-refractivity contribution >= 4 is 29.0 Å². The third-order valence-electron chi connectivity index (χ3n) is 4.87. The van der Waals surface area contributed by atoms with Crippen molar-refractivity contribution in [2.24, 2.45) is 5.92 Å². The number of aromatic nitrogens is 1. The van der Waals surface area contributed by atoms with E-state index in [9.17, 15) is 14.9 Å². The highest BCUT2D eigenvalue weighted by atomic mass is 32.1. The molecule has 2 unspecified atom stereocenters. The molecule has 8 nitrogen and oxygen atoms in total. The van der Waals surface area contributed by atoms with Crippen LogP contribution >= 0.6 is 11.3 Å². The Morgan fingerprint density at radius 3 is 2.55 bits per heavy atom. The predicted octanol–water partition coefficient (Wildman–Crippen LogP) is 2.14. The molecule has 0 aromatic carbocycles. The van der Waals surface area contributed by atoms with E-state index in [-0.39, 0.29) is 0 Å². The summed E-state index contributed by atoms with van der Waals surface area (Å²) in [5.41, 5.74) is 2.56. The van der Waals surface area contributed by atoms with Gasteiger partial charge in [-0.05, 0) is 24.6 Å². The summed E-state index contributed by atoms with van der Waals surface area (Å²) < 4.78 is 0. The van der Waals surface area contributed by atoms with Crippen LogP contribution in [-0.2, 0) is 9.59 Å². The SMILES string of the molecule is CN1CC2CN(c3cnc(-c4cccs4)c(C#N)c3)C2C1.O=C(O)C=CC(=O)O. The van der Waals surface area contributed by atoms with Gasteiger partial charge in [-0.15, -0.1) is 11.3 Å². The molecule has 4 rings (SSSR count). The van der Waals surface area contributed by atoms with Crippen molar-refractivity contribution < 1.29 is 19.8 Å². The molecule has 2 aliphatic heterocycles. The van der Waals surface area contributed by atoms with Gasteiger partial charge in [-0.2, -0.15) is 5.26 Å². The standard InChI is InChI=1S/C16H16N4S.C4H4O4/c1-19-8-12-9-20(14(12)10-19)13-5-11(6-17)16(18-7-13)15-3-2-4-21-15;5-3(6)1-2-4(7)8/h2-5,7,12,14H,8-10H2,1H3;1-2H,(H,5,6)(H,7,8). The molecule has 2 atom stereocenters. The number of nitriles is 1. The number of likely N-dealkylation sites (N-methyl/N-ethyl adjacent to an activating group) is 1. The molecule has 2 saturated heterocycles. The second-order valence-corrected chi connectivity index (χ2v) is 7.84. The third-order valence-corrected chi connectivity index (χ3v) is 5.75. The molecule has 2 N–H and O–H groups in total. The minimum Gasteiger partial charge on any atom is -0.478 e. The molecule has 9 heteroatoms. The van der Waals surface area contributed by atoms with Crippen LogP contribution in [0.4, 0.5) is 5.69 Å². The normalized spacial score (nSPS) is 20.3. The smallest absolute Gasteiger partial charge is 0.328 e. The number of fused-ring (bicyclic) bond motifs is 1. The van der Waals surface area contributed by atoms with Gasteiger partial charge in [-0.25, -0.2) is 9.59 Å². The van der Waals surface area contributed by atoms with Gasteiger partial charge in [0.25, 0.3) is 0 Å². The van der Waals surface area contributed by atoms with Gasteiger partial charge in [0, 0.05) is 43.7 Å². The number of anilines is 1. The van der Waals surface area contributed by atoms with Crippen LogP contribution in [0.5, 0.6) is 0 Å². The number of hydrogen-bond donors (Lipinski definition) is 2. The van der Waals surface area contributed by atoms with Crippen LogP contribution in [0.15, 0.2) is 41.9 Å². The van der Waals surface area contributed by atoms with Crippen LogP contribution in [0.2, 0.25) is 0 Å². The van der Waals surface area contributed by atoms with Crippen molar-refractivity contribution in [1.29, 1.82) is 5.26 Å². The number of likely N-dealkylation sites (tertiary alicyclic amines) is 1. The van der Waals surface area contributed by atoms with E-state index in [2.05, 4.69) is 27.9 Å². The fraction of sp³-hybridized carbons (Fsp3) is 0.300. The molecule has 0 amide bonds. The molecule has 0 radical (unpaired) electrons. The molecule has 2 aromatic heterocycles. The van der Waals surface area contributed by atoms with Gasteiger partial charge < -0.3 is 20.0 Å². The van der Waals surface area contributed by atoms with E-state index in [1.807, 2.05) is 29.8 Å². The monoisotopic (exact) mass is 412 g/mol. The summed E-state index contributed by atoms with van der Waals surface area (Å²) >= 11 is 1.62. The minimum atomic E-state index is -1.26.